The lowest BCUT2D eigenvalue weighted by atomic mass is 10.0. The highest BCUT2D eigenvalue weighted by atomic mass is 32.1. The molecule has 2 heterocycles. The third kappa shape index (κ3) is 7.78. The van der Waals surface area contributed by atoms with Gasteiger partial charge in [-0.3, -0.25) is 9.69 Å². The molecule has 0 aliphatic rings. The van der Waals surface area contributed by atoms with Crippen LogP contribution < -0.4 is 11.1 Å². The van der Waals surface area contributed by atoms with Gasteiger partial charge in [-0.05, 0) is 75.5 Å². The summed E-state index contributed by atoms with van der Waals surface area (Å²) in [5.74, 6) is -0.223. The van der Waals surface area contributed by atoms with Gasteiger partial charge in [0.25, 0.3) is 0 Å². The summed E-state index contributed by atoms with van der Waals surface area (Å²) in [5.41, 5.74) is 8.38. The number of methoxy groups -OCH3 is 1. The smallest absolute Gasteiger partial charge is 0.409 e. The summed E-state index contributed by atoms with van der Waals surface area (Å²) in [6, 6.07) is 10.6. The van der Waals surface area contributed by atoms with E-state index in [1.807, 2.05) is 61.3 Å². The lowest BCUT2D eigenvalue weighted by molar-refractivity contribution is -0.126. The van der Waals surface area contributed by atoms with Crippen molar-refractivity contribution in [1.29, 1.82) is 0 Å². The Labute approximate surface area is 221 Å². The Bertz CT molecular complexity index is 1100. The number of thiophene rings is 1. The summed E-state index contributed by atoms with van der Waals surface area (Å²) >= 11 is 3.19. The molecule has 8 nitrogen and oxygen atoms in total. The fourth-order valence-electron chi connectivity index (χ4n) is 3.88. The quantitative estimate of drug-likeness (QED) is 0.262. The third-order valence-electron chi connectivity index (χ3n) is 5.91. The van der Waals surface area contributed by atoms with E-state index in [0.29, 0.717) is 18.5 Å². The zero-order valence-corrected chi connectivity index (χ0v) is 22.9. The molecule has 0 radical (unpaired) electrons. The maximum atomic E-state index is 13.6. The molecule has 1 aromatic carbocycles. The number of ether oxygens (including phenoxy) is 1. The number of carbonyl (C=O) groups excluding carboxylic acids is 2. The summed E-state index contributed by atoms with van der Waals surface area (Å²) in [5, 5.41) is 8.12. The zero-order chi connectivity index (χ0) is 26.1. The van der Waals surface area contributed by atoms with Crippen LogP contribution in [0.3, 0.4) is 0 Å². The molecule has 3 N–H and O–H groups in total. The number of carbonyl (C=O) groups is 2. The maximum Gasteiger partial charge on any atom is 0.409 e. The van der Waals surface area contributed by atoms with Gasteiger partial charge in [0.2, 0.25) is 5.91 Å². The van der Waals surface area contributed by atoms with Crippen LogP contribution >= 0.6 is 22.7 Å². The second-order valence-electron chi connectivity index (χ2n) is 8.96. The van der Waals surface area contributed by atoms with Crippen LogP contribution in [-0.2, 0) is 16.0 Å². The maximum absolute atomic E-state index is 13.6. The molecule has 0 saturated carbocycles. The predicted octanol–water partition coefficient (Wildman–Crippen LogP) is 4.65. The number of hydrogen-bond acceptors (Lipinski definition) is 8. The van der Waals surface area contributed by atoms with Crippen molar-refractivity contribution in [2.75, 3.05) is 40.5 Å². The van der Waals surface area contributed by atoms with Gasteiger partial charge in [-0.15, -0.1) is 22.7 Å². The molecule has 0 aliphatic heterocycles. The average Bonchev–Trinajstić information content (AvgIpc) is 3.56. The Hall–Kier alpha value is -2.95. The molecule has 0 aliphatic carbocycles. The van der Waals surface area contributed by atoms with Crippen molar-refractivity contribution in [1.82, 2.24) is 20.1 Å². The number of aromatic nitrogens is 1. The minimum atomic E-state index is -0.649. The van der Waals surface area contributed by atoms with E-state index in [1.54, 1.807) is 29.7 Å². The molecule has 10 heteroatoms. The summed E-state index contributed by atoms with van der Waals surface area (Å²) < 4.78 is 4.91. The molecular formula is C26H35N5O3S2. The Morgan fingerprint density at radius 1 is 1.11 bits per heavy atom. The topological polar surface area (TPSA) is 101 Å². The Kier molecular flexibility index (Phi) is 10.3. The minimum Gasteiger partial charge on any atom is -0.453 e. The first-order chi connectivity index (χ1) is 17.3. The first-order valence-corrected chi connectivity index (χ1v) is 13.6. The molecule has 0 spiro atoms. The monoisotopic (exact) mass is 529 g/mol. The second kappa shape index (κ2) is 13.4. The fourth-order valence-corrected chi connectivity index (χ4v) is 5.57. The van der Waals surface area contributed by atoms with E-state index in [9.17, 15) is 9.59 Å². The van der Waals surface area contributed by atoms with Crippen molar-refractivity contribution in [3.05, 3.63) is 58.4 Å². The number of likely N-dealkylation sites (N-methyl/N-ethyl adjacent to an activating group) is 1. The van der Waals surface area contributed by atoms with E-state index in [2.05, 4.69) is 10.2 Å². The number of amides is 2. The minimum absolute atomic E-state index is 0.223. The van der Waals surface area contributed by atoms with E-state index < -0.39 is 12.1 Å². The van der Waals surface area contributed by atoms with E-state index in [4.69, 9.17) is 15.5 Å². The van der Waals surface area contributed by atoms with Gasteiger partial charge in [0.15, 0.2) is 0 Å². The SMILES string of the molecule is COC(=O)N(C)C(CCCCN(C)C)C(=O)N[C@@H](Cc1ccc(N)cc1)c1csc(-c2cccs2)n1. The van der Waals surface area contributed by atoms with Crippen LogP contribution in [0.15, 0.2) is 47.2 Å². The van der Waals surface area contributed by atoms with Crippen molar-refractivity contribution >= 4 is 40.4 Å². The summed E-state index contributed by atoms with van der Waals surface area (Å²) in [6.07, 6.45) is 2.29. The Balaban J connectivity index is 1.82. The van der Waals surface area contributed by atoms with Gasteiger partial charge < -0.3 is 20.7 Å². The van der Waals surface area contributed by atoms with Crippen LogP contribution in [0.4, 0.5) is 10.5 Å². The molecule has 0 saturated heterocycles. The normalized spacial score (nSPS) is 12.8. The zero-order valence-electron chi connectivity index (χ0n) is 21.3. The largest absolute Gasteiger partial charge is 0.453 e. The van der Waals surface area contributed by atoms with Crippen LogP contribution in [0, 0.1) is 0 Å². The van der Waals surface area contributed by atoms with E-state index in [0.717, 1.165) is 40.5 Å². The van der Waals surface area contributed by atoms with Gasteiger partial charge in [0.05, 0.1) is 23.7 Å². The van der Waals surface area contributed by atoms with Crippen molar-refractivity contribution in [2.24, 2.45) is 0 Å². The lowest BCUT2D eigenvalue weighted by Crippen LogP contribution is -2.48. The molecule has 2 amide bonds. The van der Waals surface area contributed by atoms with Crippen molar-refractivity contribution in [2.45, 2.75) is 37.8 Å². The van der Waals surface area contributed by atoms with Crippen molar-refractivity contribution in [3.8, 4) is 9.88 Å². The number of nitrogens with one attached hydrogen (secondary N) is 1. The van der Waals surface area contributed by atoms with E-state index in [-0.39, 0.29) is 11.9 Å². The average molecular weight is 530 g/mol. The molecule has 36 heavy (non-hydrogen) atoms. The first kappa shape index (κ1) is 27.6. The van der Waals surface area contributed by atoms with Gasteiger partial charge in [0, 0.05) is 18.1 Å². The number of nitrogens with zero attached hydrogens (tertiary/aromatic N) is 3. The van der Waals surface area contributed by atoms with Crippen LogP contribution in [0.25, 0.3) is 9.88 Å². The Morgan fingerprint density at radius 2 is 1.86 bits per heavy atom. The van der Waals surface area contributed by atoms with E-state index in [1.165, 1.54) is 12.0 Å². The van der Waals surface area contributed by atoms with Crippen molar-refractivity contribution < 1.29 is 14.3 Å². The summed E-state index contributed by atoms with van der Waals surface area (Å²) in [6.45, 7) is 0.917. The predicted molar refractivity (Wildman–Crippen MR) is 147 cm³/mol. The van der Waals surface area contributed by atoms with Crippen molar-refractivity contribution in [3.63, 3.8) is 0 Å². The molecular weight excluding hydrogens is 494 g/mol. The standard InChI is InChI=1S/C26H35N5O3S2/c1-30(2)14-6-5-8-22(31(3)26(33)34-4)24(32)28-20(16-18-10-12-19(27)13-11-18)21-17-36-25(29-21)23-9-7-15-35-23/h7,9-13,15,17,20,22H,5-6,8,14,16,27H2,1-4H3,(H,28,32)/t20-,22?/m0/s1. The van der Waals surface area contributed by atoms with Crippen LogP contribution in [0.2, 0.25) is 0 Å². The molecule has 3 aromatic rings. The first-order valence-electron chi connectivity index (χ1n) is 11.9. The molecule has 194 valence electrons. The number of rotatable bonds is 12. The van der Waals surface area contributed by atoms with Crippen LogP contribution in [-0.4, -0.2) is 67.6 Å². The van der Waals surface area contributed by atoms with Crippen LogP contribution in [0.1, 0.15) is 36.6 Å². The van der Waals surface area contributed by atoms with Gasteiger partial charge in [-0.25, -0.2) is 9.78 Å². The number of thiazole rings is 1. The second-order valence-corrected chi connectivity index (χ2v) is 10.8. The molecule has 2 atom stereocenters. The molecule has 0 bridgehead atoms. The lowest BCUT2D eigenvalue weighted by Gasteiger charge is -2.28. The number of nitrogen functional groups attached to an aromatic ring is 1. The van der Waals surface area contributed by atoms with E-state index >= 15 is 0 Å². The number of nitrogens with two attached hydrogens (primary N) is 1. The third-order valence-corrected chi connectivity index (χ3v) is 7.81. The van der Waals surface area contributed by atoms with Gasteiger partial charge in [0.1, 0.15) is 11.0 Å². The number of benzene rings is 1. The highest BCUT2D eigenvalue weighted by molar-refractivity contribution is 7.20. The molecule has 1 unspecified atom stereocenters. The number of hydrogen-bond donors (Lipinski definition) is 2. The number of unbranched alkanes of at least 4 members (excludes halogenated alkanes) is 1. The van der Waals surface area contributed by atoms with Gasteiger partial charge in [-0.2, -0.15) is 0 Å². The highest BCUT2D eigenvalue weighted by Crippen LogP contribution is 2.31. The summed E-state index contributed by atoms with van der Waals surface area (Å²) in [4.78, 5) is 35.3. The van der Waals surface area contributed by atoms with Gasteiger partial charge in [-0.1, -0.05) is 18.2 Å². The Morgan fingerprint density at radius 3 is 2.50 bits per heavy atom. The fraction of sp³-hybridized carbons (Fsp3) is 0.423. The van der Waals surface area contributed by atoms with Gasteiger partial charge >= 0.3 is 6.09 Å². The summed E-state index contributed by atoms with van der Waals surface area (Å²) in [7, 11) is 6.97. The highest BCUT2D eigenvalue weighted by Gasteiger charge is 2.30. The van der Waals surface area contributed by atoms with Crippen LogP contribution in [0.5, 0.6) is 0 Å². The molecule has 0 fully saturated rings. The molecule has 3 rings (SSSR count). The molecule has 2 aromatic heterocycles. The number of anilines is 1.